The molecule has 1 aromatic rings. The molecule has 0 aliphatic heterocycles. The minimum absolute atomic E-state index is 0.0365. The lowest BCUT2D eigenvalue weighted by Crippen LogP contribution is -2.42. The van der Waals surface area contributed by atoms with E-state index in [0.29, 0.717) is 21.5 Å². The fourth-order valence-corrected chi connectivity index (χ4v) is 4.28. The highest BCUT2D eigenvalue weighted by Gasteiger charge is 2.32. The lowest BCUT2D eigenvalue weighted by Gasteiger charge is -2.18. The Kier molecular flexibility index (Phi) is 5.90. The molecule has 0 saturated heterocycles. The minimum atomic E-state index is -0.322. The highest BCUT2D eigenvalue weighted by molar-refractivity contribution is 7.20. The second-order valence-electron chi connectivity index (χ2n) is 5.32. The third kappa shape index (κ3) is 4.59. The molecule has 2 atom stereocenters. The van der Waals surface area contributed by atoms with E-state index in [-0.39, 0.29) is 23.8 Å². The molecule has 0 aromatic carbocycles. The molecule has 1 aliphatic carbocycles. The van der Waals surface area contributed by atoms with Crippen molar-refractivity contribution in [2.24, 2.45) is 11.7 Å². The zero-order valence-electron chi connectivity index (χ0n) is 11.5. The molecular formula is C14H18Cl2N2O2S. The number of carbonyl (C=O) groups is 2. The van der Waals surface area contributed by atoms with Gasteiger partial charge in [0.25, 0.3) is 0 Å². The number of halogens is 2. The van der Waals surface area contributed by atoms with Crippen LogP contribution in [0, 0.1) is 5.92 Å². The molecule has 7 heteroatoms. The monoisotopic (exact) mass is 348 g/mol. The molecule has 0 bridgehead atoms. The summed E-state index contributed by atoms with van der Waals surface area (Å²) in [4.78, 5) is 23.2. The van der Waals surface area contributed by atoms with E-state index in [2.05, 4.69) is 5.32 Å². The molecule has 2 amide bonds. The Morgan fingerprint density at radius 3 is 2.76 bits per heavy atom. The number of hydrogen-bond acceptors (Lipinski definition) is 3. The summed E-state index contributed by atoms with van der Waals surface area (Å²) in [7, 11) is 0. The van der Waals surface area contributed by atoms with Crippen molar-refractivity contribution in [1.82, 2.24) is 5.32 Å². The first-order valence-corrected chi connectivity index (χ1v) is 8.57. The number of primary amides is 1. The molecule has 116 valence electrons. The maximum absolute atomic E-state index is 11.9. The van der Waals surface area contributed by atoms with Crippen LogP contribution in [0.4, 0.5) is 0 Å². The summed E-state index contributed by atoms with van der Waals surface area (Å²) in [6.07, 6.45) is 4.36. The van der Waals surface area contributed by atoms with Gasteiger partial charge in [-0.1, -0.05) is 29.6 Å². The van der Waals surface area contributed by atoms with Crippen molar-refractivity contribution in [2.45, 2.75) is 44.6 Å². The van der Waals surface area contributed by atoms with Crippen LogP contribution in [0.5, 0.6) is 0 Å². The van der Waals surface area contributed by atoms with Gasteiger partial charge in [0.05, 0.1) is 14.6 Å². The Balaban J connectivity index is 1.75. The molecule has 1 aliphatic rings. The van der Waals surface area contributed by atoms with E-state index in [9.17, 15) is 9.59 Å². The van der Waals surface area contributed by atoms with E-state index in [1.54, 1.807) is 0 Å². The Labute approximate surface area is 138 Å². The number of amides is 2. The van der Waals surface area contributed by atoms with E-state index in [4.69, 9.17) is 28.9 Å². The van der Waals surface area contributed by atoms with Crippen LogP contribution in [0.2, 0.25) is 8.67 Å². The van der Waals surface area contributed by atoms with Gasteiger partial charge in [0.1, 0.15) is 0 Å². The molecule has 3 N–H and O–H groups in total. The van der Waals surface area contributed by atoms with Crippen molar-refractivity contribution in [2.75, 3.05) is 0 Å². The zero-order valence-corrected chi connectivity index (χ0v) is 13.9. The number of thiophene rings is 1. The van der Waals surface area contributed by atoms with E-state index in [1.165, 1.54) is 11.3 Å². The molecule has 1 fully saturated rings. The van der Waals surface area contributed by atoms with Crippen LogP contribution < -0.4 is 11.1 Å². The summed E-state index contributed by atoms with van der Waals surface area (Å²) in [5.41, 5.74) is 6.32. The Morgan fingerprint density at radius 1 is 1.38 bits per heavy atom. The summed E-state index contributed by atoms with van der Waals surface area (Å²) in [6, 6.07) is 1.74. The van der Waals surface area contributed by atoms with Crippen molar-refractivity contribution in [3.8, 4) is 0 Å². The smallest absolute Gasteiger partial charge is 0.222 e. The van der Waals surface area contributed by atoms with Gasteiger partial charge in [0.2, 0.25) is 11.8 Å². The molecule has 0 radical (unpaired) electrons. The molecule has 0 spiro atoms. The van der Waals surface area contributed by atoms with Gasteiger partial charge in [-0.3, -0.25) is 9.59 Å². The predicted molar refractivity (Wildman–Crippen MR) is 85.7 cm³/mol. The largest absolute Gasteiger partial charge is 0.369 e. The van der Waals surface area contributed by atoms with Crippen LogP contribution in [-0.4, -0.2) is 17.9 Å². The van der Waals surface area contributed by atoms with E-state index in [1.807, 2.05) is 6.07 Å². The summed E-state index contributed by atoms with van der Waals surface area (Å²) >= 11 is 13.2. The van der Waals surface area contributed by atoms with E-state index >= 15 is 0 Å². The molecular weight excluding hydrogens is 331 g/mol. The third-order valence-electron chi connectivity index (χ3n) is 3.81. The Bertz CT molecular complexity index is 533. The summed E-state index contributed by atoms with van der Waals surface area (Å²) < 4.78 is 1.35. The number of carbonyl (C=O) groups excluding carboxylic acids is 2. The van der Waals surface area contributed by atoms with E-state index < -0.39 is 0 Å². The average Bonchev–Trinajstić information content (AvgIpc) is 2.96. The minimum Gasteiger partial charge on any atom is -0.369 e. The number of nitrogens with one attached hydrogen (secondary N) is 1. The van der Waals surface area contributed by atoms with Crippen LogP contribution in [0.25, 0.3) is 0 Å². The molecule has 1 saturated carbocycles. The van der Waals surface area contributed by atoms with Gasteiger partial charge in [-0.25, -0.2) is 0 Å². The van der Waals surface area contributed by atoms with Crippen LogP contribution in [-0.2, 0) is 16.0 Å². The third-order valence-corrected chi connectivity index (χ3v) is 5.37. The summed E-state index contributed by atoms with van der Waals surface area (Å²) in [6.45, 7) is 0. The number of nitrogens with two attached hydrogens (primary N) is 1. The normalized spacial score (nSPS) is 21.4. The maximum Gasteiger partial charge on any atom is 0.222 e. The highest BCUT2D eigenvalue weighted by Crippen LogP contribution is 2.32. The first-order chi connectivity index (χ1) is 9.97. The van der Waals surface area contributed by atoms with Gasteiger partial charge in [-0.05, 0) is 37.3 Å². The fourth-order valence-electron chi connectivity index (χ4n) is 2.74. The number of aryl methyl sites for hydroxylation is 1. The van der Waals surface area contributed by atoms with Gasteiger partial charge in [-0.15, -0.1) is 11.3 Å². The van der Waals surface area contributed by atoms with Gasteiger partial charge in [-0.2, -0.15) is 0 Å². The zero-order chi connectivity index (χ0) is 15.4. The Morgan fingerprint density at radius 2 is 2.14 bits per heavy atom. The van der Waals surface area contributed by atoms with Crippen molar-refractivity contribution in [1.29, 1.82) is 0 Å². The van der Waals surface area contributed by atoms with Crippen LogP contribution in [0.1, 0.15) is 37.7 Å². The van der Waals surface area contributed by atoms with Crippen LogP contribution >= 0.6 is 34.5 Å². The first kappa shape index (κ1) is 16.6. The summed E-state index contributed by atoms with van der Waals surface area (Å²) in [5.74, 6) is -0.581. The molecule has 21 heavy (non-hydrogen) atoms. The fraction of sp³-hybridized carbons (Fsp3) is 0.571. The molecule has 0 unspecified atom stereocenters. The first-order valence-electron chi connectivity index (χ1n) is 6.99. The molecule has 4 nitrogen and oxygen atoms in total. The topological polar surface area (TPSA) is 72.2 Å². The lowest BCUT2D eigenvalue weighted by molar-refractivity contribution is -0.124. The Hall–Kier alpha value is -0.780. The van der Waals surface area contributed by atoms with Crippen LogP contribution in [0.15, 0.2) is 6.07 Å². The molecule has 2 rings (SSSR count). The number of hydrogen-bond donors (Lipinski definition) is 2. The van der Waals surface area contributed by atoms with Gasteiger partial charge in [0.15, 0.2) is 0 Å². The predicted octanol–water partition coefficient (Wildman–Crippen LogP) is 3.15. The highest BCUT2D eigenvalue weighted by atomic mass is 35.5. The second-order valence-corrected chi connectivity index (χ2v) is 7.60. The second kappa shape index (κ2) is 7.47. The van der Waals surface area contributed by atoms with Crippen molar-refractivity contribution in [3.63, 3.8) is 0 Å². The average molecular weight is 349 g/mol. The van der Waals surface area contributed by atoms with Gasteiger partial charge in [0, 0.05) is 12.5 Å². The van der Waals surface area contributed by atoms with E-state index in [0.717, 1.165) is 31.2 Å². The van der Waals surface area contributed by atoms with Crippen molar-refractivity contribution < 1.29 is 9.59 Å². The molecule has 1 aromatic heterocycles. The molecule has 1 heterocycles. The maximum atomic E-state index is 11.9. The van der Waals surface area contributed by atoms with Gasteiger partial charge < -0.3 is 11.1 Å². The summed E-state index contributed by atoms with van der Waals surface area (Å²) in [5, 5.41) is 2.92. The van der Waals surface area contributed by atoms with Crippen molar-refractivity contribution >= 4 is 46.4 Å². The lowest BCUT2D eigenvalue weighted by atomic mass is 10.0. The van der Waals surface area contributed by atoms with Crippen molar-refractivity contribution in [3.05, 3.63) is 20.3 Å². The standard InChI is InChI=1S/C14H18Cl2N2O2S/c15-11-7-8(13(16)21-11)3-1-6-12(19)18-10-5-2-4-9(10)14(17)20/h7,9-10H,1-6H2,(H2,17,20)(H,18,19)/t9-,10-/m0/s1. The number of rotatable bonds is 6. The quantitative estimate of drug-likeness (QED) is 0.828. The van der Waals surface area contributed by atoms with Crippen LogP contribution in [0.3, 0.4) is 0 Å². The van der Waals surface area contributed by atoms with Gasteiger partial charge >= 0.3 is 0 Å². The SMILES string of the molecule is NC(=O)[C@H]1CCC[C@@H]1NC(=O)CCCc1cc(Cl)sc1Cl.